The molecule has 6 nitrogen and oxygen atoms in total. The van der Waals surface area contributed by atoms with E-state index in [2.05, 4.69) is 10.2 Å². The zero-order valence-corrected chi connectivity index (χ0v) is 19.0. The molecule has 164 valence electrons. The van der Waals surface area contributed by atoms with Crippen LogP contribution in [0.3, 0.4) is 0 Å². The molecule has 32 heavy (non-hydrogen) atoms. The Morgan fingerprint density at radius 3 is 2.59 bits per heavy atom. The van der Waals surface area contributed by atoms with Crippen LogP contribution in [0.25, 0.3) is 0 Å². The second-order valence-electron chi connectivity index (χ2n) is 9.45. The van der Waals surface area contributed by atoms with Gasteiger partial charge in [0.1, 0.15) is 5.54 Å². The number of carbonyl (C=O) groups is 3. The molecular weight excluding hydrogens is 426 g/mol. The zero-order chi connectivity index (χ0) is 22.5. The Morgan fingerprint density at radius 1 is 1.03 bits per heavy atom. The Labute approximate surface area is 191 Å². The minimum Gasteiger partial charge on any atom is -0.324 e. The molecule has 0 radical (unpaired) electrons. The number of anilines is 2. The molecule has 4 aliphatic heterocycles. The Balaban J connectivity index is 1.58. The van der Waals surface area contributed by atoms with Crippen molar-refractivity contribution >= 4 is 40.7 Å². The van der Waals surface area contributed by atoms with Crippen LogP contribution in [0.15, 0.2) is 30.3 Å². The van der Waals surface area contributed by atoms with Crippen LogP contribution in [-0.4, -0.2) is 35.2 Å². The summed E-state index contributed by atoms with van der Waals surface area (Å²) in [5.74, 6) is -2.00. The van der Waals surface area contributed by atoms with Crippen LogP contribution >= 0.6 is 11.6 Å². The maximum Gasteiger partial charge on any atom is 0.250 e. The molecule has 2 aromatic rings. The average Bonchev–Trinajstić information content (AvgIpc) is 3.46. The minimum atomic E-state index is -1.15. The van der Waals surface area contributed by atoms with E-state index in [0.29, 0.717) is 22.8 Å². The number of nitrogens with zero attached hydrogens (tertiary/aromatic N) is 2. The molecule has 6 rings (SSSR count). The van der Waals surface area contributed by atoms with E-state index in [-0.39, 0.29) is 23.8 Å². The van der Waals surface area contributed by atoms with Crippen molar-refractivity contribution in [1.29, 1.82) is 0 Å². The predicted molar refractivity (Wildman–Crippen MR) is 122 cm³/mol. The summed E-state index contributed by atoms with van der Waals surface area (Å²) in [5, 5.41) is 3.60. The second kappa shape index (κ2) is 6.42. The number of amides is 3. The first-order valence-electron chi connectivity index (χ1n) is 11.1. The third-order valence-corrected chi connectivity index (χ3v) is 8.59. The lowest BCUT2D eigenvalue weighted by Gasteiger charge is -2.37. The van der Waals surface area contributed by atoms with Gasteiger partial charge in [0, 0.05) is 22.3 Å². The molecule has 2 aromatic carbocycles. The van der Waals surface area contributed by atoms with E-state index in [1.165, 1.54) is 4.90 Å². The highest BCUT2D eigenvalue weighted by molar-refractivity contribution is 6.32. The molecular formula is C25H24ClN3O3. The molecule has 4 atom stereocenters. The van der Waals surface area contributed by atoms with Crippen molar-refractivity contribution in [3.05, 3.63) is 57.6 Å². The summed E-state index contributed by atoms with van der Waals surface area (Å²) in [7, 11) is 0. The molecule has 3 amide bonds. The summed E-state index contributed by atoms with van der Waals surface area (Å²) in [4.78, 5) is 45.0. The fourth-order valence-electron chi connectivity index (χ4n) is 6.60. The Morgan fingerprint density at radius 2 is 1.81 bits per heavy atom. The van der Waals surface area contributed by atoms with E-state index in [1.54, 1.807) is 18.2 Å². The highest BCUT2D eigenvalue weighted by Crippen LogP contribution is 2.61. The van der Waals surface area contributed by atoms with E-state index < -0.39 is 17.4 Å². The Bertz CT molecular complexity index is 1240. The van der Waals surface area contributed by atoms with Crippen molar-refractivity contribution in [2.45, 2.75) is 45.2 Å². The molecule has 0 unspecified atom stereocenters. The van der Waals surface area contributed by atoms with Crippen molar-refractivity contribution in [1.82, 2.24) is 4.90 Å². The first-order chi connectivity index (χ1) is 15.3. The summed E-state index contributed by atoms with van der Waals surface area (Å²) >= 11 is 6.32. The third-order valence-electron chi connectivity index (χ3n) is 8.18. The van der Waals surface area contributed by atoms with Crippen LogP contribution in [0.1, 0.15) is 35.1 Å². The molecule has 4 heterocycles. The molecule has 0 saturated carbocycles. The lowest BCUT2D eigenvalue weighted by atomic mass is 9.75. The summed E-state index contributed by atoms with van der Waals surface area (Å²) in [6.45, 7) is 6.52. The highest BCUT2D eigenvalue weighted by Gasteiger charge is 2.74. The lowest BCUT2D eigenvalue weighted by Crippen LogP contribution is -2.54. The first kappa shape index (κ1) is 19.9. The number of benzene rings is 2. The van der Waals surface area contributed by atoms with Gasteiger partial charge in [-0.3, -0.25) is 19.3 Å². The third kappa shape index (κ3) is 2.12. The van der Waals surface area contributed by atoms with Gasteiger partial charge in [0.2, 0.25) is 17.7 Å². The van der Waals surface area contributed by atoms with Crippen molar-refractivity contribution < 1.29 is 14.4 Å². The summed E-state index contributed by atoms with van der Waals surface area (Å²) in [5.41, 5.74) is 3.77. The molecule has 3 fully saturated rings. The number of aryl methyl sites for hydroxylation is 1. The summed E-state index contributed by atoms with van der Waals surface area (Å²) < 4.78 is 0. The van der Waals surface area contributed by atoms with Crippen molar-refractivity contribution in [2.24, 2.45) is 11.8 Å². The van der Waals surface area contributed by atoms with E-state index in [9.17, 15) is 14.4 Å². The van der Waals surface area contributed by atoms with Crippen molar-refractivity contribution in [3.8, 4) is 0 Å². The maximum absolute atomic E-state index is 14.0. The Kier molecular flexibility index (Phi) is 4.00. The minimum absolute atomic E-state index is 0.126. The number of hydrogen-bond acceptors (Lipinski definition) is 4. The molecule has 4 aliphatic rings. The van der Waals surface area contributed by atoms with E-state index in [0.717, 1.165) is 35.2 Å². The second-order valence-corrected chi connectivity index (χ2v) is 9.86. The van der Waals surface area contributed by atoms with Crippen LogP contribution in [-0.2, 0) is 19.9 Å². The van der Waals surface area contributed by atoms with Gasteiger partial charge in [-0.15, -0.1) is 0 Å². The molecule has 3 saturated heterocycles. The van der Waals surface area contributed by atoms with Gasteiger partial charge in [0.05, 0.1) is 17.5 Å². The predicted octanol–water partition coefficient (Wildman–Crippen LogP) is 3.70. The molecule has 7 heteroatoms. The molecule has 1 spiro atoms. The lowest BCUT2D eigenvalue weighted by molar-refractivity contribution is -0.135. The van der Waals surface area contributed by atoms with Gasteiger partial charge in [-0.2, -0.15) is 0 Å². The zero-order valence-electron chi connectivity index (χ0n) is 18.2. The van der Waals surface area contributed by atoms with Gasteiger partial charge >= 0.3 is 0 Å². The van der Waals surface area contributed by atoms with Gasteiger partial charge in [-0.1, -0.05) is 29.8 Å². The summed E-state index contributed by atoms with van der Waals surface area (Å²) in [6.07, 6.45) is 1.71. The van der Waals surface area contributed by atoms with Gasteiger partial charge in [0.25, 0.3) is 0 Å². The van der Waals surface area contributed by atoms with Crippen LogP contribution in [0.4, 0.5) is 11.4 Å². The summed E-state index contributed by atoms with van der Waals surface area (Å²) in [6, 6.07) is 9.11. The number of carbonyl (C=O) groups excluding carboxylic acids is 3. The first-order valence-corrected chi connectivity index (χ1v) is 11.5. The van der Waals surface area contributed by atoms with E-state index in [4.69, 9.17) is 11.6 Å². The smallest absolute Gasteiger partial charge is 0.250 e. The topological polar surface area (TPSA) is 69.7 Å². The number of rotatable bonds is 1. The number of imide groups is 1. The molecule has 0 bridgehead atoms. The average molecular weight is 450 g/mol. The van der Waals surface area contributed by atoms with E-state index >= 15 is 0 Å². The standard InChI is InChI=1S/C25H24ClN3O3/c1-12-9-10-15-21(13(12)2)27-24(32)25(15)20-19(18-8-5-11-28(18)25)22(30)29(23(20)31)17-7-4-6-16(26)14(17)3/h4,6-7,9-10,18-20H,5,8,11H2,1-3H3,(H,27,32)/t18-,19-,20+,25-/m1/s1. The van der Waals surface area contributed by atoms with Crippen LogP contribution < -0.4 is 10.2 Å². The monoisotopic (exact) mass is 449 g/mol. The van der Waals surface area contributed by atoms with Gasteiger partial charge in [0.15, 0.2) is 0 Å². The SMILES string of the molecule is Cc1ccc2c(c1C)NC(=O)[C@]21[C@@H]2C(=O)N(c3cccc(Cl)c3C)C(=O)[C@@H]2[C@H]2CCCN21. The van der Waals surface area contributed by atoms with Crippen molar-refractivity contribution in [2.75, 3.05) is 16.8 Å². The van der Waals surface area contributed by atoms with Gasteiger partial charge < -0.3 is 5.32 Å². The molecule has 0 aliphatic carbocycles. The largest absolute Gasteiger partial charge is 0.324 e. The van der Waals surface area contributed by atoms with Gasteiger partial charge in [-0.05, 0) is 69.0 Å². The highest BCUT2D eigenvalue weighted by atomic mass is 35.5. The van der Waals surface area contributed by atoms with Crippen LogP contribution in [0.2, 0.25) is 5.02 Å². The van der Waals surface area contributed by atoms with Crippen LogP contribution in [0, 0.1) is 32.6 Å². The number of fused-ring (bicyclic) bond motifs is 7. The fraction of sp³-hybridized carbons (Fsp3) is 0.400. The van der Waals surface area contributed by atoms with E-state index in [1.807, 2.05) is 32.9 Å². The molecule has 1 N–H and O–H groups in total. The normalized spacial score (nSPS) is 30.8. The van der Waals surface area contributed by atoms with Crippen LogP contribution in [0.5, 0.6) is 0 Å². The quantitative estimate of drug-likeness (QED) is 0.674. The Hall–Kier alpha value is -2.70. The van der Waals surface area contributed by atoms with Crippen molar-refractivity contribution in [3.63, 3.8) is 0 Å². The van der Waals surface area contributed by atoms with Gasteiger partial charge in [-0.25, -0.2) is 4.90 Å². The maximum atomic E-state index is 14.0. The molecule has 0 aromatic heterocycles. The number of hydrogen-bond donors (Lipinski definition) is 1. The fourth-order valence-corrected chi connectivity index (χ4v) is 6.77. The number of nitrogens with one attached hydrogen (secondary N) is 1. The number of halogens is 1.